The number of aliphatic carboxylic acids is 2. The van der Waals surface area contributed by atoms with Gasteiger partial charge in [0.15, 0.2) is 6.04 Å². The molecular weight excluding hydrogens is 464 g/mol. The Kier molecular flexibility index (Phi) is 11.8. The van der Waals surface area contributed by atoms with E-state index in [2.05, 4.69) is 16.0 Å². The lowest BCUT2D eigenvalue weighted by Crippen LogP contribution is -2.60. The highest BCUT2D eigenvalue weighted by atomic mass is 16.4. The molecule has 0 saturated carbocycles. The number of hydrogen-bond donors (Lipinski definition) is 8. The minimum absolute atomic E-state index is 0.0663. The predicted molar refractivity (Wildman–Crippen MR) is 122 cm³/mol. The second-order valence-corrected chi connectivity index (χ2v) is 8.08. The van der Waals surface area contributed by atoms with Crippen LogP contribution in [-0.2, 0) is 30.4 Å². The van der Waals surface area contributed by atoms with E-state index >= 15 is 0 Å². The molecule has 0 spiro atoms. The van der Waals surface area contributed by atoms with Crippen molar-refractivity contribution >= 4 is 29.7 Å². The monoisotopic (exact) mass is 496 g/mol. The summed E-state index contributed by atoms with van der Waals surface area (Å²) in [6.45, 7) is 2.39. The van der Waals surface area contributed by atoms with Crippen LogP contribution in [0, 0.1) is 0 Å². The summed E-state index contributed by atoms with van der Waals surface area (Å²) in [5, 5.41) is 44.5. The molecule has 0 aromatic heterocycles. The van der Waals surface area contributed by atoms with Crippen molar-refractivity contribution in [2.45, 2.75) is 69.5 Å². The summed E-state index contributed by atoms with van der Waals surface area (Å²) in [4.78, 5) is 60.1. The number of benzene rings is 1. The van der Waals surface area contributed by atoms with Gasteiger partial charge in [-0.05, 0) is 25.8 Å². The fourth-order valence-corrected chi connectivity index (χ4v) is 3.04. The van der Waals surface area contributed by atoms with Gasteiger partial charge in [0.05, 0.1) is 18.2 Å². The quantitative estimate of drug-likeness (QED) is 0.138. The molecule has 6 unspecified atom stereocenters. The molecule has 9 N–H and O–H groups in total. The van der Waals surface area contributed by atoms with E-state index < -0.39 is 66.0 Å². The first-order chi connectivity index (χ1) is 16.3. The smallest absolute Gasteiger partial charge is 0.328 e. The zero-order chi connectivity index (χ0) is 26.7. The topological polar surface area (TPSA) is 228 Å². The van der Waals surface area contributed by atoms with E-state index in [1.807, 2.05) is 0 Å². The van der Waals surface area contributed by atoms with Gasteiger partial charge in [-0.15, -0.1) is 0 Å². The molecule has 0 heterocycles. The Bertz CT molecular complexity index is 892. The number of hydrogen-bond acceptors (Lipinski definition) is 8. The molecule has 1 aromatic rings. The van der Waals surface area contributed by atoms with Crippen LogP contribution in [0.4, 0.5) is 0 Å². The average Bonchev–Trinajstić information content (AvgIpc) is 2.78. The van der Waals surface area contributed by atoms with Gasteiger partial charge in [-0.1, -0.05) is 30.3 Å². The highest BCUT2D eigenvalue weighted by Crippen LogP contribution is 2.07. The van der Waals surface area contributed by atoms with Crippen LogP contribution in [0.5, 0.6) is 0 Å². The Balaban J connectivity index is 3.05. The summed E-state index contributed by atoms with van der Waals surface area (Å²) in [6, 6.07) is 2.69. The fourth-order valence-electron chi connectivity index (χ4n) is 3.04. The Morgan fingerprint density at radius 2 is 1.37 bits per heavy atom. The lowest BCUT2D eigenvalue weighted by molar-refractivity contribution is -0.145. The summed E-state index contributed by atoms with van der Waals surface area (Å²) < 4.78 is 0. The predicted octanol–water partition coefficient (Wildman–Crippen LogP) is -2.28. The van der Waals surface area contributed by atoms with Crippen LogP contribution in [0.1, 0.15) is 32.3 Å². The third kappa shape index (κ3) is 10.1. The normalized spacial score (nSPS) is 16.0. The molecule has 0 aliphatic carbocycles. The number of aliphatic hydroxyl groups excluding tert-OH is 2. The van der Waals surface area contributed by atoms with Gasteiger partial charge in [0.1, 0.15) is 12.1 Å². The van der Waals surface area contributed by atoms with Crippen LogP contribution in [0.25, 0.3) is 0 Å². The van der Waals surface area contributed by atoms with Crippen molar-refractivity contribution in [3.8, 4) is 0 Å². The maximum absolute atomic E-state index is 12.9. The van der Waals surface area contributed by atoms with E-state index in [1.54, 1.807) is 30.3 Å². The van der Waals surface area contributed by atoms with Crippen LogP contribution in [0.3, 0.4) is 0 Å². The van der Waals surface area contributed by atoms with E-state index in [1.165, 1.54) is 13.8 Å². The van der Waals surface area contributed by atoms with Crippen molar-refractivity contribution in [1.29, 1.82) is 0 Å². The molecule has 0 aliphatic rings. The van der Waals surface area contributed by atoms with E-state index in [0.29, 0.717) is 5.56 Å². The molecule has 13 nitrogen and oxygen atoms in total. The molecule has 1 rings (SSSR count). The molecule has 13 heteroatoms. The number of carboxylic acid groups (broad SMARTS) is 2. The third-order valence-corrected chi connectivity index (χ3v) is 5.03. The Hall–Kier alpha value is -3.55. The van der Waals surface area contributed by atoms with Gasteiger partial charge in [-0.3, -0.25) is 19.2 Å². The molecule has 0 aliphatic heterocycles. The summed E-state index contributed by atoms with van der Waals surface area (Å²) in [5.41, 5.74) is 6.26. The average molecular weight is 497 g/mol. The lowest BCUT2D eigenvalue weighted by Gasteiger charge is -2.27. The number of rotatable bonds is 14. The number of carbonyl (C=O) groups is 5. The molecule has 0 radical (unpaired) electrons. The van der Waals surface area contributed by atoms with Gasteiger partial charge in [0.25, 0.3) is 0 Å². The minimum atomic E-state index is -1.64. The second kappa shape index (κ2) is 14.0. The lowest BCUT2D eigenvalue weighted by atomic mass is 10.0. The minimum Gasteiger partial charge on any atom is -0.481 e. The Morgan fingerprint density at radius 1 is 0.829 bits per heavy atom. The summed E-state index contributed by atoms with van der Waals surface area (Å²) in [6.07, 6.45) is -3.50. The summed E-state index contributed by atoms with van der Waals surface area (Å²) in [5.74, 6) is -5.40. The van der Waals surface area contributed by atoms with Crippen LogP contribution in [-0.4, -0.2) is 86.5 Å². The van der Waals surface area contributed by atoms with Gasteiger partial charge < -0.3 is 42.1 Å². The van der Waals surface area contributed by atoms with Crippen LogP contribution < -0.4 is 21.7 Å². The summed E-state index contributed by atoms with van der Waals surface area (Å²) in [7, 11) is 0. The van der Waals surface area contributed by atoms with Crippen molar-refractivity contribution in [3.63, 3.8) is 0 Å². The first-order valence-electron chi connectivity index (χ1n) is 10.8. The van der Waals surface area contributed by atoms with Gasteiger partial charge in [0.2, 0.25) is 17.7 Å². The maximum atomic E-state index is 12.9. The molecule has 35 heavy (non-hydrogen) atoms. The van der Waals surface area contributed by atoms with E-state index in [0.717, 1.165) is 0 Å². The largest absolute Gasteiger partial charge is 0.481 e. The third-order valence-electron chi connectivity index (χ3n) is 5.03. The Morgan fingerprint density at radius 3 is 1.86 bits per heavy atom. The number of aliphatic hydroxyl groups is 2. The highest BCUT2D eigenvalue weighted by Gasteiger charge is 2.33. The van der Waals surface area contributed by atoms with Gasteiger partial charge in [-0.25, -0.2) is 4.79 Å². The van der Waals surface area contributed by atoms with Crippen LogP contribution >= 0.6 is 0 Å². The van der Waals surface area contributed by atoms with Crippen LogP contribution in [0.2, 0.25) is 0 Å². The number of nitrogens with one attached hydrogen (secondary N) is 3. The SMILES string of the molecule is CC(O)C(NC(=O)C(Cc1ccccc1)NC(=O)C(NC(=O)C(N)CCC(=O)O)C(C)O)C(=O)O. The number of carboxylic acids is 2. The number of carbonyl (C=O) groups excluding carboxylic acids is 3. The molecule has 0 bridgehead atoms. The van der Waals surface area contributed by atoms with Gasteiger partial charge in [0, 0.05) is 12.8 Å². The van der Waals surface area contributed by atoms with Crippen LogP contribution in [0.15, 0.2) is 30.3 Å². The molecule has 6 atom stereocenters. The van der Waals surface area contributed by atoms with Crippen molar-refractivity contribution < 1.29 is 44.4 Å². The highest BCUT2D eigenvalue weighted by molar-refractivity contribution is 5.94. The molecule has 194 valence electrons. The number of amides is 3. The van der Waals surface area contributed by atoms with Gasteiger partial charge in [-0.2, -0.15) is 0 Å². The van der Waals surface area contributed by atoms with Crippen molar-refractivity contribution in [2.24, 2.45) is 5.73 Å². The number of nitrogens with two attached hydrogens (primary N) is 1. The zero-order valence-electron chi connectivity index (χ0n) is 19.4. The first kappa shape index (κ1) is 29.5. The fraction of sp³-hybridized carbons (Fsp3) is 0.500. The van der Waals surface area contributed by atoms with E-state index in [4.69, 9.17) is 10.8 Å². The Labute approximate surface area is 201 Å². The zero-order valence-corrected chi connectivity index (χ0v) is 19.4. The standard InChI is InChI=1S/C22H32N4O9/c1-11(27)17(25-19(31)14(23)8-9-16(29)30)21(33)24-15(10-13-6-4-3-5-7-13)20(32)26-18(12(2)28)22(34)35/h3-7,11-12,14-15,17-18,27-28H,8-10,23H2,1-2H3,(H,24,33)(H,25,31)(H,26,32)(H,29,30)(H,34,35). The van der Waals surface area contributed by atoms with E-state index in [9.17, 15) is 39.3 Å². The molecule has 0 saturated heterocycles. The first-order valence-corrected chi connectivity index (χ1v) is 10.8. The van der Waals surface area contributed by atoms with Crippen molar-refractivity contribution in [3.05, 3.63) is 35.9 Å². The molecular formula is C22H32N4O9. The maximum Gasteiger partial charge on any atom is 0.328 e. The molecule has 0 fully saturated rings. The molecule has 3 amide bonds. The van der Waals surface area contributed by atoms with E-state index in [-0.39, 0.29) is 19.3 Å². The van der Waals surface area contributed by atoms with Crippen molar-refractivity contribution in [2.75, 3.05) is 0 Å². The van der Waals surface area contributed by atoms with Crippen molar-refractivity contribution in [1.82, 2.24) is 16.0 Å². The summed E-state index contributed by atoms with van der Waals surface area (Å²) >= 11 is 0. The van der Waals surface area contributed by atoms with Gasteiger partial charge >= 0.3 is 11.9 Å². The molecule has 1 aromatic carbocycles. The second-order valence-electron chi connectivity index (χ2n) is 8.08.